The molecule has 0 bridgehead atoms. The number of thiocarbonyl (C=S) groups is 1. The maximum Gasteiger partial charge on any atom is 0.256 e. The molecule has 1 atom stereocenters. The van der Waals surface area contributed by atoms with Crippen LogP contribution < -0.4 is 24.6 Å². The lowest BCUT2D eigenvalue weighted by Gasteiger charge is -2.36. The summed E-state index contributed by atoms with van der Waals surface area (Å²) in [7, 11) is 1.53. The van der Waals surface area contributed by atoms with Crippen LogP contribution >= 0.6 is 23.8 Å². The Morgan fingerprint density at radius 1 is 1.00 bits per heavy atom. The van der Waals surface area contributed by atoms with Gasteiger partial charge < -0.3 is 24.6 Å². The number of nitrogens with one attached hydrogen (secondary N) is 1. The SMILES string of the molecule is CCCOc1ccc(NC(=O)C[C@@H]2C(=O)N(c3ccc(OC)c(Cl)c3)C(=S)N2CCCN2CCN(c3ccc(F)cc3)CC2)cc1. The van der Waals surface area contributed by atoms with Gasteiger partial charge in [-0.25, -0.2) is 4.39 Å². The van der Waals surface area contributed by atoms with Gasteiger partial charge in [-0.2, -0.15) is 0 Å². The monoisotopic (exact) mass is 667 g/mol. The molecule has 0 spiro atoms. The fraction of sp³-hybridized carbons (Fsp3) is 0.382. The lowest BCUT2D eigenvalue weighted by molar-refractivity contribution is -0.124. The maximum atomic E-state index is 13.9. The van der Waals surface area contributed by atoms with Gasteiger partial charge in [-0.15, -0.1) is 0 Å². The third-order valence-corrected chi connectivity index (χ3v) is 8.85. The molecule has 0 radical (unpaired) electrons. The molecule has 244 valence electrons. The number of carbonyl (C=O) groups excluding carboxylic acids is 2. The molecule has 3 aromatic carbocycles. The Bertz CT molecular complexity index is 1520. The van der Waals surface area contributed by atoms with E-state index in [-0.39, 0.29) is 24.1 Å². The minimum atomic E-state index is -0.768. The smallest absolute Gasteiger partial charge is 0.256 e. The Labute approximate surface area is 279 Å². The van der Waals surface area contributed by atoms with Crippen LogP contribution in [0.4, 0.5) is 21.5 Å². The van der Waals surface area contributed by atoms with E-state index in [1.807, 2.05) is 36.1 Å². The van der Waals surface area contributed by atoms with E-state index in [9.17, 15) is 14.0 Å². The van der Waals surface area contributed by atoms with Gasteiger partial charge in [0.15, 0.2) is 5.11 Å². The minimum Gasteiger partial charge on any atom is -0.495 e. The zero-order valence-electron chi connectivity index (χ0n) is 26.1. The highest BCUT2D eigenvalue weighted by atomic mass is 35.5. The summed E-state index contributed by atoms with van der Waals surface area (Å²) in [5, 5.41) is 3.60. The third-order valence-electron chi connectivity index (χ3n) is 8.14. The summed E-state index contributed by atoms with van der Waals surface area (Å²) < 4.78 is 24.3. The number of halogens is 2. The minimum absolute atomic E-state index is 0.0657. The second-order valence-corrected chi connectivity index (χ2v) is 12.0. The molecule has 0 saturated carbocycles. The van der Waals surface area contributed by atoms with Crippen molar-refractivity contribution in [3.8, 4) is 11.5 Å². The van der Waals surface area contributed by atoms with Crippen LogP contribution in [0.5, 0.6) is 11.5 Å². The number of methoxy groups -OCH3 is 1. The molecule has 2 amide bonds. The predicted octanol–water partition coefficient (Wildman–Crippen LogP) is 5.82. The van der Waals surface area contributed by atoms with E-state index < -0.39 is 6.04 Å². The highest BCUT2D eigenvalue weighted by Crippen LogP contribution is 2.33. The molecular weight excluding hydrogens is 629 g/mol. The molecule has 3 aromatic rings. The van der Waals surface area contributed by atoms with Gasteiger partial charge in [0, 0.05) is 44.1 Å². The third kappa shape index (κ3) is 8.07. The second kappa shape index (κ2) is 15.6. The second-order valence-electron chi connectivity index (χ2n) is 11.3. The zero-order valence-corrected chi connectivity index (χ0v) is 27.7. The van der Waals surface area contributed by atoms with E-state index >= 15 is 0 Å². The molecule has 2 aliphatic heterocycles. The molecule has 0 aliphatic carbocycles. The normalized spacial score (nSPS) is 17.0. The van der Waals surface area contributed by atoms with Gasteiger partial charge in [0.2, 0.25) is 5.91 Å². The number of amides is 2. The molecule has 0 unspecified atom stereocenters. The van der Waals surface area contributed by atoms with Gasteiger partial charge >= 0.3 is 0 Å². The van der Waals surface area contributed by atoms with Crippen molar-refractivity contribution in [3.05, 3.63) is 77.6 Å². The summed E-state index contributed by atoms with van der Waals surface area (Å²) in [6.07, 6.45) is 1.59. The average Bonchev–Trinajstić information content (AvgIpc) is 3.29. The molecule has 2 saturated heterocycles. The molecule has 2 aliphatic rings. The summed E-state index contributed by atoms with van der Waals surface area (Å²) >= 11 is 12.2. The molecule has 12 heteroatoms. The van der Waals surface area contributed by atoms with Crippen LogP contribution in [0.3, 0.4) is 0 Å². The van der Waals surface area contributed by atoms with Crippen molar-refractivity contribution in [2.24, 2.45) is 0 Å². The number of piperazine rings is 1. The van der Waals surface area contributed by atoms with Crippen molar-refractivity contribution in [1.29, 1.82) is 0 Å². The lowest BCUT2D eigenvalue weighted by Crippen LogP contribution is -2.47. The van der Waals surface area contributed by atoms with E-state index in [1.165, 1.54) is 24.1 Å². The van der Waals surface area contributed by atoms with Crippen molar-refractivity contribution in [2.45, 2.75) is 32.2 Å². The van der Waals surface area contributed by atoms with E-state index in [0.717, 1.165) is 57.0 Å². The highest BCUT2D eigenvalue weighted by molar-refractivity contribution is 7.80. The van der Waals surface area contributed by atoms with Crippen molar-refractivity contribution >= 4 is 57.8 Å². The summed E-state index contributed by atoms with van der Waals surface area (Å²) in [5.41, 5.74) is 2.16. The van der Waals surface area contributed by atoms with E-state index in [2.05, 4.69) is 15.1 Å². The first kappa shape index (κ1) is 33.4. The Morgan fingerprint density at radius 2 is 1.70 bits per heavy atom. The van der Waals surface area contributed by atoms with Crippen LogP contribution in [0.1, 0.15) is 26.2 Å². The number of anilines is 3. The first-order chi connectivity index (χ1) is 22.3. The molecule has 0 aromatic heterocycles. The van der Waals surface area contributed by atoms with Crippen molar-refractivity contribution in [2.75, 3.05) is 68.1 Å². The van der Waals surface area contributed by atoms with Crippen LogP contribution in [0.25, 0.3) is 0 Å². The summed E-state index contributed by atoms with van der Waals surface area (Å²) in [5.74, 6) is 0.406. The Balaban J connectivity index is 1.23. The molecule has 46 heavy (non-hydrogen) atoms. The van der Waals surface area contributed by atoms with Gasteiger partial charge in [0.1, 0.15) is 23.4 Å². The topological polar surface area (TPSA) is 77.6 Å². The predicted molar refractivity (Wildman–Crippen MR) is 184 cm³/mol. The lowest BCUT2D eigenvalue weighted by atomic mass is 10.1. The molecular formula is C34H39ClFN5O4S. The Kier molecular flexibility index (Phi) is 11.3. The number of rotatable bonds is 13. The number of benzene rings is 3. The first-order valence-corrected chi connectivity index (χ1v) is 16.3. The number of ether oxygens (including phenoxy) is 2. The molecule has 9 nitrogen and oxygen atoms in total. The van der Waals surface area contributed by atoms with Crippen LogP contribution in [-0.4, -0.2) is 85.8 Å². The maximum absolute atomic E-state index is 13.9. The summed E-state index contributed by atoms with van der Waals surface area (Å²) in [4.78, 5) is 35.0. The quantitative estimate of drug-likeness (QED) is 0.229. The average molecular weight is 668 g/mol. The Hall–Kier alpha value is -3.93. The standard InChI is InChI=1S/C34H39ClFN5O4S/c1-3-21-45-28-12-7-25(8-13-28)37-32(42)23-30-33(43)41(27-11-14-31(44-2)29(35)22-27)34(46)40(30)16-4-15-38-17-19-39(20-18-38)26-9-5-24(36)6-10-26/h5-14,22,30H,3-4,15-21,23H2,1-2H3,(H,37,42)/t30-/m1/s1. The van der Waals surface area contributed by atoms with Gasteiger partial charge in [0.05, 0.1) is 30.8 Å². The molecule has 2 fully saturated rings. The van der Waals surface area contributed by atoms with Crippen LogP contribution in [0, 0.1) is 5.82 Å². The van der Waals surface area contributed by atoms with Gasteiger partial charge in [-0.1, -0.05) is 18.5 Å². The Morgan fingerprint density at radius 3 is 2.35 bits per heavy atom. The van der Waals surface area contributed by atoms with Crippen molar-refractivity contribution < 1.29 is 23.5 Å². The van der Waals surface area contributed by atoms with E-state index in [4.69, 9.17) is 33.3 Å². The van der Waals surface area contributed by atoms with Crippen LogP contribution in [-0.2, 0) is 9.59 Å². The molecule has 1 N–H and O–H groups in total. The van der Waals surface area contributed by atoms with Gasteiger partial charge in [-0.3, -0.25) is 19.4 Å². The van der Waals surface area contributed by atoms with Gasteiger partial charge in [0.25, 0.3) is 5.91 Å². The molecule has 2 heterocycles. The highest BCUT2D eigenvalue weighted by Gasteiger charge is 2.44. The number of nitrogens with zero attached hydrogens (tertiary/aromatic N) is 4. The fourth-order valence-electron chi connectivity index (χ4n) is 5.71. The van der Waals surface area contributed by atoms with Gasteiger partial charge in [-0.05, 0) is 98.3 Å². The van der Waals surface area contributed by atoms with Crippen LogP contribution in [0.15, 0.2) is 66.7 Å². The summed E-state index contributed by atoms with van der Waals surface area (Å²) in [6, 6.07) is 18.1. The van der Waals surface area contributed by atoms with E-state index in [0.29, 0.717) is 40.4 Å². The summed E-state index contributed by atoms with van der Waals surface area (Å²) in [6.45, 7) is 7.38. The number of hydrogen-bond acceptors (Lipinski definition) is 7. The molecule has 5 rings (SSSR count). The van der Waals surface area contributed by atoms with Crippen LogP contribution in [0.2, 0.25) is 5.02 Å². The fourth-order valence-corrected chi connectivity index (χ4v) is 6.37. The number of hydrogen-bond donors (Lipinski definition) is 1. The first-order valence-electron chi connectivity index (χ1n) is 15.5. The van der Waals surface area contributed by atoms with Crippen molar-refractivity contribution in [1.82, 2.24) is 9.80 Å². The van der Waals surface area contributed by atoms with Crippen molar-refractivity contribution in [3.63, 3.8) is 0 Å². The number of carbonyl (C=O) groups is 2. The van der Waals surface area contributed by atoms with E-state index in [1.54, 1.807) is 30.3 Å². The zero-order chi connectivity index (χ0) is 32.6. The largest absolute Gasteiger partial charge is 0.495 e.